The quantitative estimate of drug-likeness (QED) is 0.545. The Bertz CT molecular complexity index is 480. The highest BCUT2D eigenvalue weighted by molar-refractivity contribution is 7.99. The fraction of sp³-hybridized carbons (Fsp3) is 0.417. The summed E-state index contributed by atoms with van der Waals surface area (Å²) in [5.41, 5.74) is 8.40. The first-order valence-corrected chi connectivity index (χ1v) is 7.02. The van der Waals surface area contributed by atoms with E-state index in [2.05, 4.69) is 22.2 Å². The van der Waals surface area contributed by atoms with E-state index >= 15 is 0 Å². The van der Waals surface area contributed by atoms with Crippen LogP contribution in [-0.2, 0) is 0 Å². The third-order valence-electron chi connectivity index (χ3n) is 2.47. The Morgan fingerprint density at radius 2 is 2.35 bits per heavy atom. The number of hydrogen-bond acceptors (Lipinski definition) is 4. The SMILES string of the molecule is CCSCCCNc1nc2ccc(N)cc2[nH]1. The number of nitrogen functional groups attached to an aromatic ring is 1. The molecule has 0 aliphatic carbocycles. The second kappa shape index (κ2) is 5.82. The minimum absolute atomic E-state index is 0.757. The van der Waals surface area contributed by atoms with Crippen LogP contribution in [0.15, 0.2) is 18.2 Å². The maximum atomic E-state index is 5.72. The van der Waals surface area contributed by atoms with Crippen LogP contribution < -0.4 is 11.1 Å². The molecule has 0 amide bonds. The number of aromatic amines is 1. The van der Waals surface area contributed by atoms with E-state index in [1.54, 1.807) is 0 Å². The molecule has 0 fully saturated rings. The van der Waals surface area contributed by atoms with Gasteiger partial charge >= 0.3 is 0 Å². The predicted octanol–water partition coefficient (Wildman–Crippen LogP) is 2.70. The van der Waals surface area contributed by atoms with Crippen LogP contribution in [0.4, 0.5) is 11.6 Å². The maximum Gasteiger partial charge on any atom is 0.201 e. The minimum atomic E-state index is 0.757. The molecular weight excluding hydrogens is 232 g/mol. The van der Waals surface area contributed by atoms with Crippen LogP contribution in [0, 0.1) is 0 Å². The molecule has 5 heteroatoms. The fourth-order valence-electron chi connectivity index (χ4n) is 1.64. The molecule has 0 unspecified atom stereocenters. The minimum Gasteiger partial charge on any atom is -0.399 e. The van der Waals surface area contributed by atoms with Crippen molar-refractivity contribution in [2.75, 3.05) is 29.1 Å². The number of anilines is 2. The second-order valence-electron chi connectivity index (χ2n) is 3.84. The van der Waals surface area contributed by atoms with E-state index in [4.69, 9.17) is 5.73 Å². The van der Waals surface area contributed by atoms with Gasteiger partial charge in [-0.3, -0.25) is 0 Å². The van der Waals surface area contributed by atoms with Crippen molar-refractivity contribution in [1.29, 1.82) is 0 Å². The normalized spacial score (nSPS) is 10.9. The summed E-state index contributed by atoms with van der Waals surface area (Å²) in [5.74, 6) is 3.20. The number of nitrogens with zero attached hydrogens (tertiary/aromatic N) is 1. The van der Waals surface area contributed by atoms with Gasteiger partial charge in [-0.15, -0.1) is 0 Å². The van der Waals surface area contributed by atoms with Crippen LogP contribution >= 0.6 is 11.8 Å². The van der Waals surface area contributed by atoms with Gasteiger partial charge in [0.1, 0.15) is 0 Å². The molecule has 92 valence electrons. The number of H-pyrrole nitrogens is 1. The van der Waals surface area contributed by atoms with Gasteiger partial charge in [-0.25, -0.2) is 4.98 Å². The number of benzene rings is 1. The Hall–Kier alpha value is -1.36. The van der Waals surface area contributed by atoms with Crippen molar-refractivity contribution in [3.8, 4) is 0 Å². The van der Waals surface area contributed by atoms with Crippen LogP contribution in [-0.4, -0.2) is 28.0 Å². The first-order valence-electron chi connectivity index (χ1n) is 5.86. The van der Waals surface area contributed by atoms with Crippen molar-refractivity contribution in [3.05, 3.63) is 18.2 Å². The number of nitrogens with two attached hydrogens (primary N) is 1. The van der Waals surface area contributed by atoms with E-state index in [1.807, 2.05) is 30.0 Å². The summed E-state index contributed by atoms with van der Waals surface area (Å²) in [5, 5.41) is 3.29. The summed E-state index contributed by atoms with van der Waals surface area (Å²) >= 11 is 1.96. The third-order valence-corrected chi connectivity index (χ3v) is 3.45. The molecule has 0 spiro atoms. The maximum absolute atomic E-state index is 5.72. The van der Waals surface area contributed by atoms with Crippen molar-refractivity contribution < 1.29 is 0 Å². The third kappa shape index (κ3) is 3.30. The van der Waals surface area contributed by atoms with E-state index in [9.17, 15) is 0 Å². The summed E-state index contributed by atoms with van der Waals surface area (Å²) in [7, 11) is 0. The highest BCUT2D eigenvalue weighted by atomic mass is 32.2. The first-order chi connectivity index (χ1) is 8.29. The van der Waals surface area contributed by atoms with E-state index < -0.39 is 0 Å². The van der Waals surface area contributed by atoms with Gasteiger partial charge in [-0.05, 0) is 36.1 Å². The Balaban J connectivity index is 1.91. The molecule has 2 rings (SSSR count). The lowest BCUT2D eigenvalue weighted by atomic mass is 10.3. The molecule has 17 heavy (non-hydrogen) atoms. The molecule has 0 bridgehead atoms. The Morgan fingerprint density at radius 1 is 1.47 bits per heavy atom. The van der Waals surface area contributed by atoms with Gasteiger partial charge in [0.2, 0.25) is 5.95 Å². The van der Waals surface area contributed by atoms with Gasteiger partial charge in [0.15, 0.2) is 0 Å². The molecule has 0 atom stereocenters. The highest BCUT2D eigenvalue weighted by Gasteiger charge is 2.01. The Morgan fingerprint density at radius 3 is 3.18 bits per heavy atom. The number of rotatable bonds is 6. The molecule has 0 saturated carbocycles. The van der Waals surface area contributed by atoms with Gasteiger partial charge in [-0.1, -0.05) is 6.92 Å². The topological polar surface area (TPSA) is 66.7 Å². The van der Waals surface area contributed by atoms with Crippen LogP contribution in [0.2, 0.25) is 0 Å². The Kier molecular flexibility index (Phi) is 4.14. The molecular formula is C12H18N4S. The first kappa shape index (κ1) is 12.1. The summed E-state index contributed by atoms with van der Waals surface area (Å²) in [4.78, 5) is 7.66. The zero-order chi connectivity index (χ0) is 12.1. The van der Waals surface area contributed by atoms with Crippen LogP contribution in [0.1, 0.15) is 13.3 Å². The van der Waals surface area contributed by atoms with Crippen molar-refractivity contribution in [2.24, 2.45) is 0 Å². The van der Waals surface area contributed by atoms with Crippen molar-refractivity contribution in [3.63, 3.8) is 0 Å². The van der Waals surface area contributed by atoms with E-state index in [1.165, 1.54) is 11.5 Å². The molecule has 0 radical (unpaired) electrons. The monoisotopic (exact) mass is 250 g/mol. The molecule has 1 heterocycles. The lowest BCUT2D eigenvalue weighted by Crippen LogP contribution is -2.03. The number of fused-ring (bicyclic) bond motifs is 1. The predicted molar refractivity (Wildman–Crippen MR) is 76.6 cm³/mol. The molecule has 2 aromatic rings. The van der Waals surface area contributed by atoms with Gasteiger partial charge in [0.25, 0.3) is 0 Å². The largest absolute Gasteiger partial charge is 0.399 e. The number of hydrogen-bond donors (Lipinski definition) is 3. The van der Waals surface area contributed by atoms with Crippen LogP contribution in [0.25, 0.3) is 11.0 Å². The molecule has 4 nitrogen and oxygen atoms in total. The van der Waals surface area contributed by atoms with Crippen molar-refractivity contribution >= 4 is 34.4 Å². The van der Waals surface area contributed by atoms with Crippen LogP contribution in [0.5, 0.6) is 0 Å². The number of imidazole rings is 1. The molecule has 0 aliphatic heterocycles. The molecule has 1 aromatic carbocycles. The fourth-order valence-corrected chi connectivity index (χ4v) is 2.27. The zero-order valence-corrected chi connectivity index (χ0v) is 10.8. The van der Waals surface area contributed by atoms with E-state index in [0.29, 0.717) is 0 Å². The molecule has 0 saturated heterocycles. The average Bonchev–Trinajstić information content (AvgIpc) is 2.70. The molecule has 4 N–H and O–H groups in total. The lowest BCUT2D eigenvalue weighted by Gasteiger charge is -2.01. The van der Waals surface area contributed by atoms with Crippen LogP contribution in [0.3, 0.4) is 0 Å². The summed E-state index contributed by atoms with van der Waals surface area (Å²) in [6.07, 6.45) is 1.15. The van der Waals surface area contributed by atoms with Gasteiger partial charge < -0.3 is 16.0 Å². The summed E-state index contributed by atoms with van der Waals surface area (Å²) in [6.45, 7) is 3.13. The van der Waals surface area contributed by atoms with Gasteiger partial charge in [-0.2, -0.15) is 11.8 Å². The van der Waals surface area contributed by atoms with E-state index in [-0.39, 0.29) is 0 Å². The Labute approximate surface area is 105 Å². The molecule has 1 aromatic heterocycles. The zero-order valence-electron chi connectivity index (χ0n) is 9.99. The number of thioether (sulfide) groups is 1. The van der Waals surface area contributed by atoms with Gasteiger partial charge in [0, 0.05) is 12.2 Å². The summed E-state index contributed by atoms with van der Waals surface area (Å²) in [6, 6.07) is 5.70. The standard InChI is InChI=1S/C12H18N4S/c1-2-17-7-3-6-14-12-15-10-5-4-9(13)8-11(10)16-12/h4-5,8H,2-3,6-7,13H2,1H3,(H2,14,15,16). The van der Waals surface area contributed by atoms with E-state index in [0.717, 1.165) is 35.6 Å². The average molecular weight is 250 g/mol. The van der Waals surface area contributed by atoms with Crippen molar-refractivity contribution in [2.45, 2.75) is 13.3 Å². The van der Waals surface area contributed by atoms with Gasteiger partial charge in [0.05, 0.1) is 11.0 Å². The second-order valence-corrected chi connectivity index (χ2v) is 5.23. The summed E-state index contributed by atoms with van der Waals surface area (Å²) < 4.78 is 0. The smallest absolute Gasteiger partial charge is 0.201 e. The highest BCUT2D eigenvalue weighted by Crippen LogP contribution is 2.17. The lowest BCUT2D eigenvalue weighted by molar-refractivity contribution is 0.975. The number of aromatic nitrogens is 2. The van der Waals surface area contributed by atoms with Crippen molar-refractivity contribution in [1.82, 2.24) is 9.97 Å². The molecule has 0 aliphatic rings. The number of nitrogens with one attached hydrogen (secondary N) is 2.